The van der Waals surface area contributed by atoms with Crippen molar-refractivity contribution < 1.29 is 4.79 Å². The fraction of sp³-hybridized carbons (Fsp3) is 0.269. The molecule has 0 radical (unpaired) electrons. The molecule has 1 N–H and O–H groups in total. The summed E-state index contributed by atoms with van der Waals surface area (Å²) in [5.41, 5.74) is 7.03. The lowest BCUT2D eigenvalue weighted by Gasteiger charge is -2.19. The van der Waals surface area contributed by atoms with Crippen molar-refractivity contribution >= 4 is 38.7 Å². The maximum absolute atomic E-state index is 12.9. The number of aryl methyl sites for hydroxylation is 1. The molecule has 32 heavy (non-hydrogen) atoms. The van der Waals surface area contributed by atoms with Gasteiger partial charge in [-0.3, -0.25) is 4.79 Å². The molecule has 5 nitrogen and oxygen atoms in total. The molecule has 6 heteroatoms. The third kappa shape index (κ3) is 5.51. The lowest BCUT2D eigenvalue weighted by Crippen LogP contribution is -2.11. The number of benzene rings is 2. The van der Waals surface area contributed by atoms with Crippen LogP contribution in [0.2, 0.25) is 0 Å². The molecule has 1 amide bonds. The van der Waals surface area contributed by atoms with E-state index in [1.165, 1.54) is 5.56 Å². The molecule has 2 aromatic heterocycles. The highest BCUT2D eigenvalue weighted by atomic mass is 32.1. The normalized spacial score (nSPS) is 12.3. The highest BCUT2D eigenvalue weighted by molar-refractivity contribution is 7.16. The second-order valence-corrected chi connectivity index (χ2v) is 9.81. The van der Waals surface area contributed by atoms with E-state index in [1.807, 2.05) is 36.2 Å². The van der Waals surface area contributed by atoms with Crippen molar-refractivity contribution in [3.63, 3.8) is 0 Å². The van der Waals surface area contributed by atoms with E-state index in [1.54, 1.807) is 23.6 Å². The molecule has 0 fully saturated rings. The van der Waals surface area contributed by atoms with Crippen LogP contribution in [0.4, 0.5) is 5.69 Å². The van der Waals surface area contributed by atoms with Crippen LogP contribution in [-0.2, 0) is 16.8 Å². The van der Waals surface area contributed by atoms with Crippen LogP contribution in [-0.4, -0.2) is 20.4 Å². The molecule has 0 aliphatic heterocycles. The molecule has 2 heterocycles. The van der Waals surface area contributed by atoms with Crippen LogP contribution in [0.1, 0.15) is 44.7 Å². The quantitative estimate of drug-likeness (QED) is 0.341. The van der Waals surface area contributed by atoms with Gasteiger partial charge >= 0.3 is 0 Å². The number of imidazole rings is 1. The van der Waals surface area contributed by atoms with Crippen molar-refractivity contribution in [3.8, 4) is 0 Å². The van der Waals surface area contributed by atoms with Gasteiger partial charge in [0.15, 0.2) is 0 Å². The predicted octanol–water partition coefficient (Wildman–Crippen LogP) is 6.29. The average Bonchev–Trinajstić information content (AvgIpc) is 3.44. The van der Waals surface area contributed by atoms with Gasteiger partial charge < -0.3 is 9.88 Å². The number of nitrogens with zero attached hydrogens (tertiary/aromatic N) is 3. The number of thiazole rings is 1. The predicted molar refractivity (Wildman–Crippen MR) is 133 cm³/mol. The summed E-state index contributed by atoms with van der Waals surface area (Å²) < 4.78 is 3.12. The smallest absolute Gasteiger partial charge is 0.248 e. The van der Waals surface area contributed by atoms with Crippen LogP contribution >= 0.6 is 11.3 Å². The Labute approximate surface area is 192 Å². The van der Waals surface area contributed by atoms with E-state index in [0.717, 1.165) is 46.4 Å². The van der Waals surface area contributed by atoms with Gasteiger partial charge in [0.1, 0.15) is 0 Å². The zero-order chi connectivity index (χ0) is 22.6. The molecule has 2 aromatic carbocycles. The highest BCUT2D eigenvalue weighted by Gasteiger charge is 2.14. The third-order valence-corrected chi connectivity index (χ3v) is 6.24. The summed E-state index contributed by atoms with van der Waals surface area (Å²) in [6.07, 6.45) is 9.03. The van der Waals surface area contributed by atoms with E-state index in [2.05, 4.69) is 64.9 Å². The number of amides is 1. The average molecular weight is 445 g/mol. The zero-order valence-electron chi connectivity index (χ0n) is 18.7. The first-order chi connectivity index (χ1) is 15.4. The Balaban J connectivity index is 1.53. The van der Waals surface area contributed by atoms with E-state index in [-0.39, 0.29) is 11.3 Å². The lowest BCUT2D eigenvalue weighted by atomic mass is 9.86. The van der Waals surface area contributed by atoms with E-state index in [9.17, 15) is 4.79 Å². The van der Waals surface area contributed by atoms with Crippen LogP contribution in [0.3, 0.4) is 0 Å². The molecule has 4 rings (SSSR count). The van der Waals surface area contributed by atoms with Crippen molar-refractivity contribution in [3.05, 3.63) is 83.9 Å². The number of allylic oxidation sites excluding steroid dienone is 1. The molecule has 0 spiro atoms. The number of rotatable bonds is 7. The third-order valence-electron chi connectivity index (χ3n) is 5.45. The Kier molecular flexibility index (Phi) is 6.51. The molecule has 0 aliphatic rings. The maximum Gasteiger partial charge on any atom is 0.248 e. The van der Waals surface area contributed by atoms with E-state index in [0.29, 0.717) is 0 Å². The van der Waals surface area contributed by atoms with Gasteiger partial charge in [-0.15, -0.1) is 11.3 Å². The molecule has 0 atom stereocenters. The highest BCUT2D eigenvalue weighted by Crippen LogP contribution is 2.27. The number of fused-ring (bicyclic) bond motifs is 1. The van der Waals surface area contributed by atoms with E-state index >= 15 is 0 Å². The van der Waals surface area contributed by atoms with Gasteiger partial charge in [-0.05, 0) is 53.2 Å². The first kappa shape index (κ1) is 22.0. The van der Waals surface area contributed by atoms with Gasteiger partial charge in [-0.1, -0.05) is 45.0 Å². The van der Waals surface area contributed by atoms with Crippen LogP contribution in [0.5, 0.6) is 0 Å². The number of aromatic nitrogens is 3. The van der Waals surface area contributed by atoms with Gasteiger partial charge in [0.25, 0.3) is 0 Å². The van der Waals surface area contributed by atoms with Crippen LogP contribution in [0.15, 0.2) is 72.8 Å². The van der Waals surface area contributed by atoms with Gasteiger partial charge in [-0.25, -0.2) is 9.97 Å². The Morgan fingerprint density at radius 2 is 1.97 bits per heavy atom. The first-order valence-corrected chi connectivity index (χ1v) is 11.7. The largest absolute Gasteiger partial charge is 0.337 e. The number of carbonyl (C=O) groups excluding carboxylic acids is 1. The van der Waals surface area contributed by atoms with Gasteiger partial charge in [0.2, 0.25) is 5.91 Å². The monoisotopic (exact) mass is 444 g/mol. The van der Waals surface area contributed by atoms with Crippen molar-refractivity contribution in [1.82, 2.24) is 14.5 Å². The Morgan fingerprint density at radius 1 is 1.16 bits per heavy atom. The van der Waals surface area contributed by atoms with E-state index in [4.69, 9.17) is 0 Å². The minimum absolute atomic E-state index is 0.0937. The number of hydrogen-bond acceptors (Lipinski definition) is 4. The molecule has 4 aromatic rings. The number of anilines is 1. The Morgan fingerprint density at radius 3 is 2.69 bits per heavy atom. The van der Waals surface area contributed by atoms with Gasteiger partial charge in [-0.2, -0.15) is 0 Å². The van der Waals surface area contributed by atoms with E-state index < -0.39 is 0 Å². The van der Waals surface area contributed by atoms with Crippen LogP contribution in [0.25, 0.3) is 15.8 Å². The molecular formula is C26H28N4OS. The van der Waals surface area contributed by atoms with Crippen molar-refractivity contribution in [2.24, 2.45) is 0 Å². The van der Waals surface area contributed by atoms with Crippen LogP contribution < -0.4 is 5.32 Å². The fourth-order valence-corrected chi connectivity index (χ4v) is 4.34. The summed E-state index contributed by atoms with van der Waals surface area (Å²) in [6.45, 7) is 7.48. The van der Waals surface area contributed by atoms with Crippen molar-refractivity contribution in [2.75, 3.05) is 5.32 Å². The zero-order valence-corrected chi connectivity index (χ0v) is 19.5. The fourth-order valence-electron chi connectivity index (χ4n) is 3.62. The Hall–Kier alpha value is -3.25. The molecule has 0 saturated heterocycles. The molecule has 0 aliphatic carbocycles. The molecule has 164 valence electrons. The number of hydrogen-bond donors (Lipinski definition) is 1. The second-order valence-electron chi connectivity index (χ2n) is 8.93. The van der Waals surface area contributed by atoms with Gasteiger partial charge in [0, 0.05) is 30.7 Å². The Bertz CT molecular complexity index is 1210. The first-order valence-electron chi connectivity index (χ1n) is 10.8. The van der Waals surface area contributed by atoms with Crippen LogP contribution in [0, 0.1) is 0 Å². The minimum Gasteiger partial charge on any atom is -0.337 e. The maximum atomic E-state index is 12.9. The number of carbonyl (C=O) groups is 1. The second kappa shape index (κ2) is 9.49. The molecule has 0 unspecified atom stereocenters. The summed E-state index contributed by atoms with van der Waals surface area (Å²) in [5, 5.41) is 3.01. The molecule has 0 bridgehead atoms. The SMILES string of the molecule is CC(C)(C)c1ccc(/C(=C/C(=O)Nc2ccc3ncsc3c2)CCCn2ccnc2)cc1. The molecular weight excluding hydrogens is 416 g/mol. The topological polar surface area (TPSA) is 59.8 Å². The standard InChI is InChI=1S/C26H28N4OS/c1-26(2,3)21-8-6-19(7-9-21)20(5-4-13-30-14-12-27-17-30)15-25(31)29-22-10-11-23-24(16-22)32-18-28-23/h6-12,14-18H,4-5,13H2,1-3H3,(H,29,31)/b20-15+. The van der Waals surface area contributed by atoms with Crippen molar-refractivity contribution in [2.45, 2.75) is 45.6 Å². The van der Waals surface area contributed by atoms with Crippen molar-refractivity contribution in [1.29, 1.82) is 0 Å². The summed E-state index contributed by atoms with van der Waals surface area (Å²) in [7, 11) is 0. The number of nitrogens with one attached hydrogen (secondary N) is 1. The summed E-state index contributed by atoms with van der Waals surface area (Å²) in [6, 6.07) is 14.4. The lowest BCUT2D eigenvalue weighted by molar-refractivity contribution is -0.111. The summed E-state index contributed by atoms with van der Waals surface area (Å²) in [5.74, 6) is -0.119. The summed E-state index contributed by atoms with van der Waals surface area (Å²) >= 11 is 1.57. The van der Waals surface area contributed by atoms with Gasteiger partial charge in [0.05, 0.1) is 22.1 Å². The summed E-state index contributed by atoms with van der Waals surface area (Å²) in [4.78, 5) is 21.3. The minimum atomic E-state index is -0.119. The molecule has 0 saturated carbocycles.